The molecule has 2 N–H and O–H groups in total. The Bertz CT molecular complexity index is 1040. The number of anilines is 3. The van der Waals surface area contributed by atoms with Gasteiger partial charge in [-0.15, -0.1) is 5.10 Å². The summed E-state index contributed by atoms with van der Waals surface area (Å²) in [6.45, 7) is 3.75. The van der Waals surface area contributed by atoms with E-state index >= 15 is 0 Å². The molecule has 1 aromatic heterocycles. The molecule has 1 aliphatic heterocycles. The van der Waals surface area contributed by atoms with E-state index in [1.54, 1.807) is 7.11 Å². The second-order valence-electron chi connectivity index (χ2n) is 7.91. The van der Waals surface area contributed by atoms with Crippen LogP contribution in [0.4, 0.5) is 26.1 Å². The smallest absolute Gasteiger partial charge is 0.246 e. The lowest BCUT2D eigenvalue weighted by atomic mass is 9.92. The molecule has 4 rings (SSSR count). The first-order chi connectivity index (χ1) is 14.8. The van der Waals surface area contributed by atoms with Crippen LogP contribution >= 0.6 is 0 Å². The largest absolute Gasteiger partial charge is 0.387 e. The summed E-state index contributed by atoms with van der Waals surface area (Å²) in [5.74, 6) is -1.04. The van der Waals surface area contributed by atoms with Crippen LogP contribution in [0.1, 0.15) is 18.4 Å². The third-order valence-electron chi connectivity index (χ3n) is 5.54. The lowest BCUT2D eigenvalue weighted by Gasteiger charge is -2.39. The highest BCUT2D eigenvalue weighted by atomic mass is 19.1. The van der Waals surface area contributed by atoms with Crippen molar-refractivity contribution in [1.82, 2.24) is 14.8 Å². The van der Waals surface area contributed by atoms with Gasteiger partial charge in [0, 0.05) is 37.6 Å². The Balaban J connectivity index is 1.49. The number of methoxy groups -OCH3 is 1. The van der Waals surface area contributed by atoms with E-state index in [2.05, 4.69) is 20.3 Å². The molecule has 0 saturated carbocycles. The van der Waals surface area contributed by atoms with E-state index in [0.717, 1.165) is 36.1 Å². The molecule has 2 aromatic carbocycles. The molecule has 31 heavy (non-hydrogen) atoms. The van der Waals surface area contributed by atoms with Crippen LogP contribution in [0.15, 0.2) is 42.7 Å². The Morgan fingerprint density at radius 1 is 1.10 bits per heavy atom. The maximum absolute atomic E-state index is 13.5. The average molecular weight is 429 g/mol. The number of hydrogen-bond acceptors (Lipinski definition) is 6. The van der Waals surface area contributed by atoms with Crippen LogP contribution in [0.3, 0.4) is 0 Å². The summed E-state index contributed by atoms with van der Waals surface area (Å²) in [5, 5.41) is 18.0. The van der Waals surface area contributed by atoms with Crippen LogP contribution in [-0.2, 0) is 4.74 Å². The van der Waals surface area contributed by atoms with Crippen molar-refractivity contribution in [2.45, 2.75) is 25.4 Å². The quantitative estimate of drug-likeness (QED) is 0.624. The first-order valence-corrected chi connectivity index (χ1v) is 10.1. The zero-order chi connectivity index (χ0) is 22.0. The molecular formula is C22H25F2N5O2. The van der Waals surface area contributed by atoms with Crippen molar-refractivity contribution in [3.05, 3.63) is 59.9 Å². The summed E-state index contributed by atoms with van der Waals surface area (Å²) >= 11 is 0. The molecule has 7 nitrogen and oxygen atoms in total. The van der Waals surface area contributed by atoms with Crippen molar-refractivity contribution in [1.29, 1.82) is 0 Å². The standard InChI is InChI=1S/C22H25F2N5O2/c1-15-3-4-18(28-7-5-22(30,6-8-28)13-31-2)12-20(15)26-21-25-14-29(27-21)19-10-16(23)9-17(24)11-19/h3-4,9-12,14,30H,5-8,13H2,1-2H3,(H,26,27). The van der Waals surface area contributed by atoms with Crippen molar-refractivity contribution >= 4 is 17.3 Å². The number of benzene rings is 2. The molecular weight excluding hydrogens is 404 g/mol. The molecule has 9 heteroatoms. The van der Waals surface area contributed by atoms with Gasteiger partial charge in [-0.1, -0.05) is 6.07 Å². The molecule has 1 aliphatic rings. The third kappa shape index (κ3) is 4.83. The number of halogens is 2. The number of aliphatic hydroxyl groups is 1. The van der Waals surface area contributed by atoms with Crippen molar-refractivity contribution < 1.29 is 18.6 Å². The maximum atomic E-state index is 13.5. The van der Waals surface area contributed by atoms with E-state index < -0.39 is 17.2 Å². The Labute approximate surface area is 179 Å². The second-order valence-corrected chi connectivity index (χ2v) is 7.91. The fraction of sp³-hybridized carbons (Fsp3) is 0.364. The summed E-state index contributed by atoms with van der Waals surface area (Å²) in [6, 6.07) is 9.25. The predicted octanol–water partition coefficient (Wildman–Crippen LogP) is 3.58. The number of hydrogen-bond donors (Lipinski definition) is 2. The van der Waals surface area contributed by atoms with Gasteiger partial charge in [0.2, 0.25) is 5.95 Å². The van der Waals surface area contributed by atoms with Gasteiger partial charge in [-0.3, -0.25) is 0 Å². The number of ether oxygens (including phenoxy) is 1. The normalized spacial score (nSPS) is 15.8. The zero-order valence-corrected chi connectivity index (χ0v) is 17.5. The van der Waals surface area contributed by atoms with Crippen LogP contribution in [0, 0.1) is 18.6 Å². The molecule has 0 bridgehead atoms. The summed E-state index contributed by atoms with van der Waals surface area (Å²) in [4.78, 5) is 6.42. The van der Waals surface area contributed by atoms with Crippen LogP contribution in [0.2, 0.25) is 0 Å². The molecule has 0 radical (unpaired) electrons. The lowest BCUT2D eigenvalue weighted by molar-refractivity contribution is -0.0471. The van der Waals surface area contributed by atoms with E-state index in [-0.39, 0.29) is 5.69 Å². The highest BCUT2D eigenvalue weighted by Crippen LogP contribution is 2.30. The summed E-state index contributed by atoms with van der Waals surface area (Å²) in [5.41, 5.74) is 2.34. The van der Waals surface area contributed by atoms with Crippen LogP contribution in [-0.4, -0.2) is 52.3 Å². The molecule has 0 unspecified atom stereocenters. The molecule has 0 atom stereocenters. The van der Waals surface area contributed by atoms with Gasteiger partial charge in [0.1, 0.15) is 18.0 Å². The number of aromatic nitrogens is 3. The van der Waals surface area contributed by atoms with E-state index in [9.17, 15) is 13.9 Å². The summed E-state index contributed by atoms with van der Waals surface area (Å²) in [7, 11) is 1.60. The van der Waals surface area contributed by atoms with Gasteiger partial charge in [-0.05, 0) is 49.6 Å². The number of piperidine rings is 1. The van der Waals surface area contributed by atoms with Gasteiger partial charge in [0.05, 0.1) is 17.9 Å². The molecule has 1 fully saturated rings. The van der Waals surface area contributed by atoms with Crippen molar-refractivity contribution in [2.75, 3.05) is 37.0 Å². The van der Waals surface area contributed by atoms with Gasteiger partial charge >= 0.3 is 0 Å². The zero-order valence-electron chi connectivity index (χ0n) is 17.5. The third-order valence-corrected chi connectivity index (χ3v) is 5.54. The molecule has 164 valence electrons. The van der Waals surface area contributed by atoms with E-state index in [4.69, 9.17) is 4.74 Å². The Morgan fingerprint density at radius 3 is 2.48 bits per heavy atom. The highest BCUT2D eigenvalue weighted by molar-refractivity contribution is 5.66. The Morgan fingerprint density at radius 2 is 1.81 bits per heavy atom. The Hall–Kier alpha value is -3.04. The molecule has 0 amide bonds. The first-order valence-electron chi connectivity index (χ1n) is 10.1. The highest BCUT2D eigenvalue weighted by Gasteiger charge is 2.32. The monoisotopic (exact) mass is 429 g/mol. The molecule has 3 aromatic rings. The second kappa shape index (κ2) is 8.60. The van der Waals surface area contributed by atoms with Crippen LogP contribution in [0.5, 0.6) is 0 Å². The molecule has 0 aliphatic carbocycles. The topological polar surface area (TPSA) is 75.4 Å². The molecule has 2 heterocycles. The number of nitrogens with one attached hydrogen (secondary N) is 1. The average Bonchev–Trinajstić information content (AvgIpc) is 3.18. The van der Waals surface area contributed by atoms with Crippen molar-refractivity contribution in [3.8, 4) is 5.69 Å². The molecule has 0 spiro atoms. The van der Waals surface area contributed by atoms with Crippen molar-refractivity contribution in [2.24, 2.45) is 0 Å². The van der Waals surface area contributed by atoms with Gasteiger partial charge in [-0.2, -0.15) is 4.98 Å². The Kier molecular flexibility index (Phi) is 5.88. The van der Waals surface area contributed by atoms with Crippen LogP contribution in [0.25, 0.3) is 5.69 Å². The maximum Gasteiger partial charge on any atom is 0.246 e. The fourth-order valence-electron chi connectivity index (χ4n) is 3.77. The SMILES string of the molecule is COCC1(O)CCN(c2ccc(C)c(Nc3ncn(-c4cc(F)cc(F)c4)n3)c2)CC1. The van der Waals surface area contributed by atoms with E-state index in [1.165, 1.54) is 23.1 Å². The minimum atomic E-state index is -0.774. The minimum Gasteiger partial charge on any atom is -0.387 e. The lowest BCUT2D eigenvalue weighted by Crippen LogP contribution is -2.47. The molecule has 1 saturated heterocycles. The number of aryl methyl sites for hydroxylation is 1. The minimum absolute atomic E-state index is 0.250. The van der Waals surface area contributed by atoms with E-state index in [0.29, 0.717) is 25.4 Å². The number of nitrogens with zero attached hydrogens (tertiary/aromatic N) is 4. The summed E-state index contributed by atoms with van der Waals surface area (Å²) in [6.07, 6.45) is 2.66. The first kappa shape index (κ1) is 21.2. The van der Waals surface area contributed by atoms with Crippen molar-refractivity contribution in [3.63, 3.8) is 0 Å². The van der Waals surface area contributed by atoms with Crippen LogP contribution < -0.4 is 10.2 Å². The van der Waals surface area contributed by atoms with Gasteiger partial charge in [0.15, 0.2) is 0 Å². The summed E-state index contributed by atoms with van der Waals surface area (Å²) < 4.78 is 33.4. The number of rotatable bonds is 6. The van der Waals surface area contributed by atoms with Gasteiger partial charge < -0.3 is 20.1 Å². The predicted molar refractivity (Wildman–Crippen MR) is 114 cm³/mol. The van der Waals surface area contributed by atoms with E-state index in [1.807, 2.05) is 25.1 Å². The van der Waals surface area contributed by atoms with Gasteiger partial charge in [-0.25, -0.2) is 13.5 Å². The van der Waals surface area contributed by atoms with Gasteiger partial charge in [0.25, 0.3) is 0 Å². The fourth-order valence-corrected chi connectivity index (χ4v) is 3.77.